The predicted octanol–water partition coefficient (Wildman–Crippen LogP) is 5.82. The number of hydrogen-bond donors (Lipinski definition) is 0. The molecule has 0 aromatic rings. The first kappa shape index (κ1) is 15.8. The maximum Gasteiger partial charge on any atom is 0.0571 e. The van der Waals surface area contributed by atoms with Crippen molar-refractivity contribution in [2.24, 2.45) is 29.6 Å². The molecule has 3 saturated carbocycles. The Labute approximate surface area is 132 Å². The van der Waals surface area contributed by atoms with Gasteiger partial charge in [0.05, 0.1) is 6.10 Å². The third kappa shape index (κ3) is 3.84. The summed E-state index contributed by atoms with van der Waals surface area (Å²) in [6, 6.07) is 0. The second-order valence-electron chi connectivity index (χ2n) is 8.33. The average molecular weight is 293 g/mol. The molecule has 3 rings (SSSR count). The Morgan fingerprint density at radius 3 is 1.95 bits per heavy atom. The maximum atomic E-state index is 5.55. The van der Waals surface area contributed by atoms with Gasteiger partial charge >= 0.3 is 0 Å². The molecule has 0 heterocycles. The quantitative estimate of drug-likeness (QED) is 0.634. The smallest absolute Gasteiger partial charge is 0.0571 e. The predicted molar refractivity (Wildman–Crippen MR) is 89.3 cm³/mol. The van der Waals surface area contributed by atoms with Crippen LogP contribution in [-0.4, -0.2) is 13.2 Å². The van der Waals surface area contributed by atoms with Crippen LogP contribution in [0.15, 0.2) is 0 Å². The molecule has 0 radical (unpaired) electrons. The molecule has 1 heteroatoms. The van der Waals surface area contributed by atoms with Gasteiger partial charge < -0.3 is 4.74 Å². The van der Waals surface area contributed by atoms with Crippen LogP contribution < -0.4 is 0 Å². The summed E-state index contributed by atoms with van der Waals surface area (Å²) in [6.07, 6.45) is 18.3. The fourth-order valence-electron chi connectivity index (χ4n) is 5.92. The summed E-state index contributed by atoms with van der Waals surface area (Å²) in [5.74, 6) is 5.36. The summed E-state index contributed by atoms with van der Waals surface area (Å²) >= 11 is 0. The molecule has 0 spiro atoms. The van der Waals surface area contributed by atoms with Crippen LogP contribution >= 0.6 is 0 Å². The monoisotopic (exact) mass is 292 g/mol. The fraction of sp³-hybridized carbons (Fsp3) is 1.00. The number of rotatable bonds is 4. The Bertz CT molecular complexity index is 305. The van der Waals surface area contributed by atoms with Crippen molar-refractivity contribution in [3.8, 4) is 0 Å². The highest BCUT2D eigenvalue weighted by Crippen LogP contribution is 2.49. The van der Waals surface area contributed by atoms with E-state index < -0.39 is 0 Å². The van der Waals surface area contributed by atoms with Gasteiger partial charge in [-0.2, -0.15) is 0 Å². The molecular formula is C20H36O. The Balaban J connectivity index is 1.47. The van der Waals surface area contributed by atoms with Crippen LogP contribution in [0.25, 0.3) is 0 Å². The van der Waals surface area contributed by atoms with E-state index in [0.717, 1.165) is 29.6 Å². The number of ether oxygens (including phenoxy) is 1. The van der Waals surface area contributed by atoms with Crippen molar-refractivity contribution in [1.82, 2.24) is 0 Å². The van der Waals surface area contributed by atoms with Gasteiger partial charge in [-0.1, -0.05) is 26.2 Å². The van der Waals surface area contributed by atoms with E-state index in [1.165, 1.54) is 44.9 Å². The minimum absolute atomic E-state index is 0.571. The average Bonchev–Trinajstić information content (AvgIpc) is 2.55. The van der Waals surface area contributed by atoms with Gasteiger partial charge in [0.15, 0.2) is 0 Å². The van der Waals surface area contributed by atoms with Crippen molar-refractivity contribution < 1.29 is 4.74 Å². The van der Waals surface area contributed by atoms with E-state index in [-0.39, 0.29) is 0 Å². The zero-order valence-corrected chi connectivity index (χ0v) is 14.4. The van der Waals surface area contributed by atoms with Crippen molar-refractivity contribution in [2.75, 3.05) is 7.11 Å². The summed E-state index contributed by atoms with van der Waals surface area (Å²) in [5, 5.41) is 0. The second kappa shape index (κ2) is 7.49. The molecule has 0 aromatic heterocycles. The van der Waals surface area contributed by atoms with E-state index in [4.69, 9.17) is 4.74 Å². The molecule has 0 saturated heterocycles. The lowest BCUT2D eigenvalue weighted by Crippen LogP contribution is -2.35. The molecule has 0 amide bonds. The van der Waals surface area contributed by atoms with E-state index in [1.807, 2.05) is 7.11 Å². The molecule has 0 aromatic carbocycles. The van der Waals surface area contributed by atoms with E-state index in [0.29, 0.717) is 6.10 Å². The normalized spacial score (nSPS) is 44.3. The van der Waals surface area contributed by atoms with Crippen molar-refractivity contribution in [3.05, 3.63) is 0 Å². The Hall–Kier alpha value is -0.0400. The van der Waals surface area contributed by atoms with E-state index in [2.05, 4.69) is 6.92 Å². The van der Waals surface area contributed by atoms with Gasteiger partial charge in [0.25, 0.3) is 0 Å². The summed E-state index contributed by atoms with van der Waals surface area (Å²) in [6.45, 7) is 2.36. The van der Waals surface area contributed by atoms with Gasteiger partial charge in [0, 0.05) is 7.11 Å². The van der Waals surface area contributed by atoms with Crippen LogP contribution in [0.3, 0.4) is 0 Å². The highest BCUT2D eigenvalue weighted by molar-refractivity contribution is 4.89. The molecule has 1 nitrogen and oxygen atoms in total. The van der Waals surface area contributed by atoms with Gasteiger partial charge in [0.2, 0.25) is 0 Å². The van der Waals surface area contributed by atoms with Gasteiger partial charge in [0.1, 0.15) is 0 Å². The molecule has 3 aliphatic rings. The lowest BCUT2D eigenvalue weighted by Gasteiger charge is -2.45. The SMILES string of the molecule is CCCC1CCC2CC(C3CCC(OC)CC3)CCC2C1. The topological polar surface area (TPSA) is 9.23 Å². The Kier molecular flexibility index (Phi) is 5.65. The fourth-order valence-corrected chi connectivity index (χ4v) is 5.92. The first-order valence-corrected chi connectivity index (χ1v) is 9.82. The van der Waals surface area contributed by atoms with Crippen LogP contribution in [0.4, 0.5) is 0 Å². The molecule has 3 fully saturated rings. The van der Waals surface area contributed by atoms with Gasteiger partial charge in [-0.3, -0.25) is 0 Å². The Morgan fingerprint density at radius 2 is 1.29 bits per heavy atom. The molecule has 4 unspecified atom stereocenters. The second-order valence-corrected chi connectivity index (χ2v) is 8.33. The van der Waals surface area contributed by atoms with Crippen LogP contribution in [0.2, 0.25) is 0 Å². The van der Waals surface area contributed by atoms with Gasteiger partial charge in [-0.15, -0.1) is 0 Å². The minimum atomic E-state index is 0.571. The standard InChI is InChI=1S/C20H36O/c1-3-4-15-5-6-19-14-18(8-7-17(19)13-15)16-9-11-20(21-2)12-10-16/h15-20H,3-14H2,1-2H3. The zero-order valence-electron chi connectivity index (χ0n) is 14.4. The van der Waals surface area contributed by atoms with E-state index in [9.17, 15) is 0 Å². The number of hydrogen-bond acceptors (Lipinski definition) is 1. The molecule has 0 bridgehead atoms. The highest BCUT2D eigenvalue weighted by atomic mass is 16.5. The molecule has 21 heavy (non-hydrogen) atoms. The first-order valence-electron chi connectivity index (χ1n) is 9.82. The van der Waals surface area contributed by atoms with E-state index in [1.54, 1.807) is 32.1 Å². The zero-order chi connectivity index (χ0) is 14.7. The van der Waals surface area contributed by atoms with Crippen molar-refractivity contribution in [3.63, 3.8) is 0 Å². The summed E-state index contributed by atoms with van der Waals surface area (Å²) in [4.78, 5) is 0. The Morgan fingerprint density at radius 1 is 0.714 bits per heavy atom. The van der Waals surface area contributed by atoms with Crippen LogP contribution in [-0.2, 0) is 4.74 Å². The first-order chi connectivity index (χ1) is 10.3. The van der Waals surface area contributed by atoms with E-state index >= 15 is 0 Å². The molecule has 4 atom stereocenters. The summed E-state index contributed by atoms with van der Waals surface area (Å²) < 4.78 is 5.55. The molecule has 0 aliphatic heterocycles. The van der Waals surface area contributed by atoms with Gasteiger partial charge in [-0.25, -0.2) is 0 Å². The highest BCUT2D eigenvalue weighted by Gasteiger charge is 2.38. The van der Waals surface area contributed by atoms with Crippen LogP contribution in [0.5, 0.6) is 0 Å². The number of fused-ring (bicyclic) bond motifs is 1. The van der Waals surface area contributed by atoms with Crippen molar-refractivity contribution in [2.45, 2.75) is 90.1 Å². The van der Waals surface area contributed by atoms with Crippen molar-refractivity contribution >= 4 is 0 Å². The molecule has 122 valence electrons. The van der Waals surface area contributed by atoms with Crippen molar-refractivity contribution in [1.29, 1.82) is 0 Å². The summed E-state index contributed by atoms with van der Waals surface area (Å²) in [5.41, 5.74) is 0. The lowest BCUT2D eigenvalue weighted by atomic mass is 9.61. The largest absolute Gasteiger partial charge is 0.381 e. The maximum absolute atomic E-state index is 5.55. The summed E-state index contributed by atoms with van der Waals surface area (Å²) in [7, 11) is 1.89. The minimum Gasteiger partial charge on any atom is -0.381 e. The third-order valence-corrected chi connectivity index (χ3v) is 7.18. The number of methoxy groups -OCH3 is 1. The van der Waals surface area contributed by atoms with Crippen LogP contribution in [0, 0.1) is 29.6 Å². The molecular weight excluding hydrogens is 256 g/mol. The van der Waals surface area contributed by atoms with Gasteiger partial charge in [-0.05, 0) is 87.4 Å². The van der Waals surface area contributed by atoms with Crippen LogP contribution in [0.1, 0.15) is 84.0 Å². The third-order valence-electron chi connectivity index (χ3n) is 7.18. The molecule has 3 aliphatic carbocycles. The molecule has 0 N–H and O–H groups in total. The lowest BCUT2D eigenvalue weighted by molar-refractivity contribution is 0.0220.